The van der Waals surface area contributed by atoms with Gasteiger partial charge >= 0.3 is 0 Å². The van der Waals surface area contributed by atoms with Crippen molar-refractivity contribution in [1.82, 2.24) is 4.90 Å². The Hall–Kier alpha value is -0.770. The van der Waals surface area contributed by atoms with Gasteiger partial charge in [-0.1, -0.05) is 29.3 Å². The summed E-state index contributed by atoms with van der Waals surface area (Å²) in [6.07, 6.45) is 0.215. The van der Waals surface area contributed by atoms with Gasteiger partial charge in [0.15, 0.2) is 0 Å². The molecular weight excluding hydrogens is 249 g/mol. The Bertz CT molecular complexity index is 382. The van der Waals surface area contributed by atoms with Gasteiger partial charge in [0, 0.05) is 23.6 Å². The molecule has 16 heavy (non-hydrogen) atoms. The highest BCUT2D eigenvalue weighted by Gasteiger charge is 2.11. The molecule has 5 heteroatoms. The second-order valence-electron chi connectivity index (χ2n) is 3.45. The fourth-order valence-corrected chi connectivity index (χ4v) is 1.71. The summed E-state index contributed by atoms with van der Waals surface area (Å²) in [7, 11) is 1.64. The second-order valence-corrected chi connectivity index (χ2v) is 4.30. The summed E-state index contributed by atoms with van der Waals surface area (Å²) in [5, 5.41) is 9.74. The van der Waals surface area contributed by atoms with Crippen LogP contribution in [-0.2, 0) is 11.2 Å². The van der Waals surface area contributed by atoms with Gasteiger partial charge < -0.3 is 10.0 Å². The number of halogens is 2. The zero-order valence-electron chi connectivity index (χ0n) is 8.91. The van der Waals surface area contributed by atoms with Gasteiger partial charge in [-0.25, -0.2) is 0 Å². The van der Waals surface area contributed by atoms with E-state index in [1.165, 1.54) is 4.90 Å². The summed E-state index contributed by atoms with van der Waals surface area (Å²) in [5.74, 6) is -0.0849. The first-order chi connectivity index (χ1) is 7.54. The molecule has 0 aliphatic rings. The first-order valence-corrected chi connectivity index (χ1v) is 5.59. The molecule has 1 aromatic rings. The number of aliphatic hydroxyl groups excluding tert-OH is 1. The number of aliphatic hydroxyl groups is 1. The van der Waals surface area contributed by atoms with Gasteiger partial charge in [-0.15, -0.1) is 0 Å². The van der Waals surface area contributed by atoms with Crippen LogP contribution in [0.1, 0.15) is 5.56 Å². The van der Waals surface area contributed by atoms with E-state index < -0.39 is 0 Å². The highest BCUT2D eigenvalue weighted by molar-refractivity contribution is 6.35. The van der Waals surface area contributed by atoms with Gasteiger partial charge in [-0.05, 0) is 17.7 Å². The SMILES string of the molecule is CN(CCO)C(=O)Cc1ccc(Cl)cc1Cl. The van der Waals surface area contributed by atoms with Crippen LogP contribution >= 0.6 is 23.2 Å². The molecule has 1 rings (SSSR count). The number of carbonyl (C=O) groups excluding carboxylic acids is 1. The molecule has 3 nitrogen and oxygen atoms in total. The van der Waals surface area contributed by atoms with Crippen molar-refractivity contribution in [3.05, 3.63) is 33.8 Å². The maximum Gasteiger partial charge on any atom is 0.226 e. The zero-order chi connectivity index (χ0) is 12.1. The normalized spacial score (nSPS) is 10.2. The van der Waals surface area contributed by atoms with Crippen molar-refractivity contribution in [3.63, 3.8) is 0 Å². The van der Waals surface area contributed by atoms with Crippen LogP contribution in [0, 0.1) is 0 Å². The molecular formula is C11H13Cl2NO2. The first kappa shape index (κ1) is 13.3. The number of carbonyl (C=O) groups is 1. The van der Waals surface area contributed by atoms with Gasteiger partial charge in [0.25, 0.3) is 0 Å². The largest absolute Gasteiger partial charge is 0.395 e. The third-order valence-electron chi connectivity index (χ3n) is 2.22. The van der Waals surface area contributed by atoms with Crippen LogP contribution in [0.15, 0.2) is 18.2 Å². The third kappa shape index (κ3) is 3.67. The minimum absolute atomic E-state index is 0.0450. The molecule has 0 atom stereocenters. The predicted octanol–water partition coefficient (Wildman–Crippen LogP) is 1.99. The molecule has 0 fully saturated rings. The molecule has 0 spiro atoms. The molecule has 0 saturated heterocycles. The average molecular weight is 262 g/mol. The number of hydrogen-bond acceptors (Lipinski definition) is 2. The lowest BCUT2D eigenvalue weighted by Gasteiger charge is -2.16. The second kappa shape index (κ2) is 6.09. The summed E-state index contributed by atoms with van der Waals surface area (Å²) < 4.78 is 0. The highest BCUT2D eigenvalue weighted by atomic mass is 35.5. The van der Waals surface area contributed by atoms with E-state index in [0.29, 0.717) is 16.6 Å². The number of likely N-dealkylation sites (N-methyl/N-ethyl adjacent to an activating group) is 1. The number of rotatable bonds is 4. The molecule has 0 radical (unpaired) electrons. The van der Waals surface area contributed by atoms with E-state index in [1.807, 2.05) is 0 Å². The van der Waals surface area contributed by atoms with Crippen molar-refractivity contribution in [3.8, 4) is 0 Å². The number of nitrogens with zero attached hydrogens (tertiary/aromatic N) is 1. The van der Waals surface area contributed by atoms with Crippen LogP contribution in [0.3, 0.4) is 0 Å². The van der Waals surface area contributed by atoms with E-state index in [4.69, 9.17) is 28.3 Å². The Labute approximate surface area is 105 Å². The molecule has 0 unspecified atom stereocenters. The van der Waals surface area contributed by atoms with Crippen molar-refractivity contribution in [2.75, 3.05) is 20.2 Å². The van der Waals surface area contributed by atoms with Crippen molar-refractivity contribution in [1.29, 1.82) is 0 Å². The molecule has 1 aromatic carbocycles. The van der Waals surface area contributed by atoms with Crippen LogP contribution < -0.4 is 0 Å². The van der Waals surface area contributed by atoms with E-state index in [0.717, 1.165) is 5.56 Å². The van der Waals surface area contributed by atoms with Crippen LogP contribution in [-0.4, -0.2) is 36.1 Å². The van der Waals surface area contributed by atoms with Gasteiger partial charge in [0.1, 0.15) is 0 Å². The quantitative estimate of drug-likeness (QED) is 0.901. The molecule has 0 saturated carbocycles. The molecule has 0 aromatic heterocycles. The lowest BCUT2D eigenvalue weighted by molar-refractivity contribution is -0.129. The lowest BCUT2D eigenvalue weighted by atomic mass is 10.1. The molecule has 0 aliphatic heterocycles. The van der Waals surface area contributed by atoms with E-state index in [9.17, 15) is 4.79 Å². The molecule has 0 heterocycles. The van der Waals surface area contributed by atoms with Crippen molar-refractivity contribution >= 4 is 29.1 Å². The van der Waals surface area contributed by atoms with Crippen LogP contribution in [0.25, 0.3) is 0 Å². The maximum absolute atomic E-state index is 11.7. The lowest BCUT2D eigenvalue weighted by Crippen LogP contribution is -2.30. The summed E-state index contributed by atoms with van der Waals surface area (Å²) in [5.41, 5.74) is 0.737. The smallest absolute Gasteiger partial charge is 0.226 e. The minimum atomic E-state index is -0.0849. The molecule has 1 amide bonds. The first-order valence-electron chi connectivity index (χ1n) is 4.83. The van der Waals surface area contributed by atoms with Crippen LogP contribution in [0.2, 0.25) is 10.0 Å². The summed E-state index contributed by atoms with van der Waals surface area (Å²) in [6.45, 7) is 0.278. The van der Waals surface area contributed by atoms with Crippen molar-refractivity contribution < 1.29 is 9.90 Å². The summed E-state index contributed by atoms with van der Waals surface area (Å²) in [4.78, 5) is 13.1. The Morgan fingerprint density at radius 2 is 2.12 bits per heavy atom. The fraction of sp³-hybridized carbons (Fsp3) is 0.364. The monoisotopic (exact) mass is 261 g/mol. The van der Waals surface area contributed by atoms with Gasteiger partial charge in [0.2, 0.25) is 5.91 Å². The summed E-state index contributed by atoms with van der Waals surface area (Å²) >= 11 is 11.7. The van der Waals surface area contributed by atoms with E-state index in [2.05, 4.69) is 0 Å². The van der Waals surface area contributed by atoms with E-state index in [-0.39, 0.29) is 18.9 Å². The molecule has 1 N–H and O–H groups in total. The van der Waals surface area contributed by atoms with Gasteiger partial charge in [-0.3, -0.25) is 4.79 Å². The third-order valence-corrected chi connectivity index (χ3v) is 2.80. The van der Waals surface area contributed by atoms with Crippen LogP contribution in [0.4, 0.5) is 0 Å². The zero-order valence-corrected chi connectivity index (χ0v) is 10.4. The van der Waals surface area contributed by atoms with E-state index >= 15 is 0 Å². The Kier molecular flexibility index (Phi) is 5.06. The fourth-order valence-electron chi connectivity index (χ4n) is 1.24. The number of hydrogen-bond donors (Lipinski definition) is 1. The standard InChI is InChI=1S/C11H13Cl2NO2/c1-14(4-5-15)11(16)6-8-2-3-9(12)7-10(8)13/h2-3,7,15H,4-6H2,1H3. The molecule has 0 aliphatic carbocycles. The Morgan fingerprint density at radius 1 is 1.44 bits per heavy atom. The van der Waals surface area contributed by atoms with Gasteiger partial charge in [0.05, 0.1) is 13.0 Å². The Balaban J connectivity index is 2.69. The molecule has 88 valence electrons. The summed E-state index contributed by atoms with van der Waals surface area (Å²) in [6, 6.07) is 5.04. The number of amides is 1. The van der Waals surface area contributed by atoms with Crippen molar-refractivity contribution in [2.24, 2.45) is 0 Å². The van der Waals surface area contributed by atoms with Crippen LogP contribution in [0.5, 0.6) is 0 Å². The van der Waals surface area contributed by atoms with Crippen molar-refractivity contribution in [2.45, 2.75) is 6.42 Å². The average Bonchev–Trinajstić information content (AvgIpc) is 2.22. The molecule has 0 bridgehead atoms. The Morgan fingerprint density at radius 3 is 2.69 bits per heavy atom. The predicted molar refractivity (Wildman–Crippen MR) is 64.9 cm³/mol. The van der Waals surface area contributed by atoms with E-state index in [1.54, 1.807) is 25.2 Å². The van der Waals surface area contributed by atoms with Gasteiger partial charge in [-0.2, -0.15) is 0 Å². The highest BCUT2D eigenvalue weighted by Crippen LogP contribution is 2.21. The minimum Gasteiger partial charge on any atom is -0.395 e. The number of benzene rings is 1. The topological polar surface area (TPSA) is 40.5 Å². The maximum atomic E-state index is 11.7.